The molecule has 0 bridgehead atoms. The number of halogens is 4. The Bertz CT molecular complexity index is 441. The first-order valence-electron chi connectivity index (χ1n) is 4.40. The van der Waals surface area contributed by atoms with Crippen molar-refractivity contribution in [1.82, 2.24) is 0 Å². The summed E-state index contributed by atoms with van der Waals surface area (Å²) >= 11 is 17.0. The van der Waals surface area contributed by atoms with Crippen LogP contribution in [0.3, 0.4) is 0 Å². The van der Waals surface area contributed by atoms with Crippen molar-refractivity contribution in [2.24, 2.45) is 5.92 Å². The third-order valence-corrected chi connectivity index (χ3v) is 3.47. The monoisotopic (exact) mass is 282 g/mol. The van der Waals surface area contributed by atoms with E-state index >= 15 is 0 Å². The maximum Gasteiger partial charge on any atom is 0.311 e. The highest BCUT2D eigenvalue weighted by molar-refractivity contribution is 6.35. The first kappa shape index (κ1) is 12.0. The van der Waals surface area contributed by atoms with Gasteiger partial charge in [-0.05, 0) is 23.8 Å². The van der Waals surface area contributed by atoms with Gasteiger partial charge in [0.15, 0.2) is 0 Å². The van der Waals surface area contributed by atoms with E-state index in [-0.39, 0.29) is 0 Å². The normalized spacial score (nSPS) is 32.5. The van der Waals surface area contributed by atoms with Gasteiger partial charge in [-0.1, -0.05) is 34.8 Å². The van der Waals surface area contributed by atoms with E-state index in [0.717, 1.165) is 0 Å². The average Bonchev–Trinajstić information content (AvgIpc) is 2.67. The molecule has 86 valence electrons. The molecule has 0 aromatic heterocycles. The molecular formula is C10H6Cl3FO2. The van der Waals surface area contributed by atoms with E-state index in [1.807, 2.05) is 0 Å². The minimum Gasteiger partial charge on any atom is -0.481 e. The fourth-order valence-corrected chi connectivity index (χ4v) is 2.75. The molecule has 0 heterocycles. The van der Waals surface area contributed by atoms with Gasteiger partial charge in [0.1, 0.15) is 5.92 Å². The van der Waals surface area contributed by atoms with Crippen LogP contribution in [-0.2, 0) is 4.79 Å². The van der Waals surface area contributed by atoms with Crippen LogP contribution in [0.2, 0.25) is 10.0 Å². The maximum absolute atomic E-state index is 13.6. The maximum atomic E-state index is 13.6. The van der Waals surface area contributed by atoms with Gasteiger partial charge >= 0.3 is 5.97 Å². The van der Waals surface area contributed by atoms with E-state index in [2.05, 4.69) is 0 Å². The number of alkyl halides is 2. The molecule has 1 aromatic carbocycles. The second-order valence-corrected chi connectivity index (χ2v) is 5.12. The van der Waals surface area contributed by atoms with Crippen molar-refractivity contribution >= 4 is 40.8 Å². The largest absolute Gasteiger partial charge is 0.481 e. The van der Waals surface area contributed by atoms with Crippen LogP contribution in [0.25, 0.3) is 0 Å². The smallest absolute Gasteiger partial charge is 0.311 e. The highest BCUT2D eigenvalue weighted by Crippen LogP contribution is 2.63. The van der Waals surface area contributed by atoms with Gasteiger partial charge < -0.3 is 5.11 Å². The summed E-state index contributed by atoms with van der Waals surface area (Å²) in [6.07, 6.45) is 0. The number of carboxylic acid groups (broad SMARTS) is 1. The summed E-state index contributed by atoms with van der Waals surface area (Å²) in [5.74, 6) is -3.41. The lowest BCUT2D eigenvalue weighted by molar-refractivity contribution is -0.139. The van der Waals surface area contributed by atoms with Crippen molar-refractivity contribution in [2.75, 3.05) is 0 Å². The van der Waals surface area contributed by atoms with E-state index < -0.39 is 22.9 Å². The average molecular weight is 284 g/mol. The quantitative estimate of drug-likeness (QED) is 0.840. The number of carbonyl (C=O) groups is 1. The SMILES string of the molecule is O=C(O)[C@H]1[C@H](c2cc(Cl)cc(Cl)c2)C1(F)Cl. The fourth-order valence-electron chi connectivity index (χ4n) is 1.80. The van der Waals surface area contributed by atoms with E-state index in [9.17, 15) is 9.18 Å². The van der Waals surface area contributed by atoms with Gasteiger partial charge in [0.05, 0.1) is 5.92 Å². The summed E-state index contributed by atoms with van der Waals surface area (Å²) in [5.41, 5.74) is 0.405. The third-order valence-electron chi connectivity index (χ3n) is 2.56. The van der Waals surface area contributed by atoms with Crippen molar-refractivity contribution in [1.29, 1.82) is 0 Å². The molecule has 16 heavy (non-hydrogen) atoms. The van der Waals surface area contributed by atoms with Gasteiger partial charge in [-0.15, -0.1) is 0 Å². The number of aliphatic carboxylic acids is 1. The molecule has 2 rings (SSSR count). The van der Waals surface area contributed by atoms with Crippen molar-refractivity contribution in [3.05, 3.63) is 33.8 Å². The summed E-state index contributed by atoms with van der Waals surface area (Å²) < 4.78 is 13.6. The van der Waals surface area contributed by atoms with Gasteiger partial charge in [-0.25, -0.2) is 4.39 Å². The zero-order valence-corrected chi connectivity index (χ0v) is 10.0. The second-order valence-electron chi connectivity index (χ2n) is 3.67. The molecule has 1 aliphatic rings. The summed E-state index contributed by atoms with van der Waals surface area (Å²) in [6.45, 7) is 0. The van der Waals surface area contributed by atoms with Gasteiger partial charge in [-0.2, -0.15) is 0 Å². The Balaban J connectivity index is 2.37. The standard InChI is InChI=1S/C10H6Cl3FO2/c11-5-1-4(2-6(12)3-5)7-8(9(15)16)10(7,13)14/h1-3,7-8H,(H,15,16)/t7-,8+,10?/m0/s1. The summed E-state index contributed by atoms with van der Waals surface area (Å²) in [6, 6.07) is 4.43. The first-order chi connectivity index (χ1) is 7.34. The van der Waals surface area contributed by atoms with Crippen molar-refractivity contribution in [3.63, 3.8) is 0 Å². The van der Waals surface area contributed by atoms with Crippen LogP contribution in [-0.4, -0.2) is 16.2 Å². The molecule has 6 heteroatoms. The van der Waals surface area contributed by atoms with Crippen LogP contribution in [0.4, 0.5) is 4.39 Å². The van der Waals surface area contributed by atoms with Gasteiger partial charge in [0, 0.05) is 10.0 Å². The van der Waals surface area contributed by atoms with Crippen molar-refractivity contribution in [3.8, 4) is 0 Å². The summed E-state index contributed by atoms with van der Waals surface area (Å²) in [4.78, 5) is 10.7. The molecule has 1 N–H and O–H groups in total. The molecular weight excluding hydrogens is 277 g/mol. The minimum atomic E-state index is -2.25. The lowest BCUT2D eigenvalue weighted by Gasteiger charge is -2.01. The van der Waals surface area contributed by atoms with Crippen LogP contribution in [0.5, 0.6) is 0 Å². The van der Waals surface area contributed by atoms with E-state index in [1.165, 1.54) is 18.2 Å². The highest BCUT2D eigenvalue weighted by Gasteiger charge is 2.70. The Labute approximate surface area is 106 Å². The zero-order chi connectivity index (χ0) is 12.1. The first-order valence-corrected chi connectivity index (χ1v) is 5.54. The predicted molar refractivity (Wildman–Crippen MR) is 60.0 cm³/mol. The Kier molecular flexibility index (Phi) is 2.81. The highest BCUT2D eigenvalue weighted by atomic mass is 35.5. The van der Waals surface area contributed by atoms with Crippen LogP contribution >= 0.6 is 34.8 Å². The number of benzene rings is 1. The number of rotatable bonds is 2. The second kappa shape index (κ2) is 3.76. The molecule has 1 saturated carbocycles. The molecule has 0 radical (unpaired) electrons. The van der Waals surface area contributed by atoms with Gasteiger partial charge in [0.2, 0.25) is 5.13 Å². The molecule has 1 aliphatic carbocycles. The molecule has 0 saturated heterocycles. The van der Waals surface area contributed by atoms with Crippen molar-refractivity contribution < 1.29 is 14.3 Å². The number of hydrogen-bond donors (Lipinski definition) is 1. The van der Waals surface area contributed by atoms with E-state index in [1.54, 1.807) is 0 Å². The third kappa shape index (κ3) is 1.88. The Morgan fingerprint density at radius 1 is 1.31 bits per heavy atom. The molecule has 0 amide bonds. The lowest BCUT2D eigenvalue weighted by atomic mass is 10.1. The van der Waals surface area contributed by atoms with E-state index in [4.69, 9.17) is 39.9 Å². The van der Waals surface area contributed by atoms with Crippen LogP contribution in [0.15, 0.2) is 18.2 Å². The van der Waals surface area contributed by atoms with Crippen LogP contribution in [0, 0.1) is 5.92 Å². The Morgan fingerprint density at radius 2 is 1.81 bits per heavy atom. The lowest BCUT2D eigenvalue weighted by Crippen LogP contribution is -2.04. The minimum absolute atomic E-state index is 0.325. The summed E-state index contributed by atoms with van der Waals surface area (Å²) in [7, 11) is 0. The van der Waals surface area contributed by atoms with Crippen molar-refractivity contribution in [2.45, 2.75) is 11.0 Å². The van der Waals surface area contributed by atoms with E-state index in [0.29, 0.717) is 15.6 Å². The number of hydrogen-bond acceptors (Lipinski definition) is 1. The zero-order valence-electron chi connectivity index (χ0n) is 7.75. The van der Waals surface area contributed by atoms with Crippen LogP contribution in [0.1, 0.15) is 11.5 Å². The molecule has 1 fully saturated rings. The molecule has 0 aliphatic heterocycles. The molecule has 0 spiro atoms. The Hall–Kier alpha value is -0.510. The van der Waals surface area contributed by atoms with Gasteiger partial charge in [0.25, 0.3) is 0 Å². The molecule has 1 unspecified atom stereocenters. The van der Waals surface area contributed by atoms with Gasteiger partial charge in [-0.3, -0.25) is 4.79 Å². The predicted octanol–water partition coefficient (Wildman–Crippen LogP) is 3.70. The Morgan fingerprint density at radius 3 is 2.19 bits per heavy atom. The summed E-state index contributed by atoms with van der Waals surface area (Å²) in [5, 5.41) is 7.17. The number of carboxylic acids is 1. The molecule has 3 atom stereocenters. The topological polar surface area (TPSA) is 37.3 Å². The molecule has 1 aromatic rings. The fraction of sp³-hybridized carbons (Fsp3) is 0.300. The van der Waals surface area contributed by atoms with Crippen LogP contribution < -0.4 is 0 Å². The molecule has 2 nitrogen and oxygen atoms in total.